The number of amides is 2. The number of carbonyl (C=O) groups is 1. The lowest BCUT2D eigenvalue weighted by atomic mass is 9.92. The minimum atomic E-state index is -0.352. The minimum absolute atomic E-state index is 0.201. The van der Waals surface area contributed by atoms with Crippen molar-refractivity contribution in [2.24, 2.45) is 0 Å². The van der Waals surface area contributed by atoms with Crippen LogP contribution >= 0.6 is 0 Å². The van der Waals surface area contributed by atoms with E-state index in [1.165, 1.54) is 0 Å². The summed E-state index contributed by atoms with van der Waals surface area (Å²) in [6, 6.07) is 23.0. The normalized spacial score (nSPS) is 11.0. The van der Waals surface area contributed by atoms with E-state index in [0.29, 0.717) is 12.2 Å². The van der Waals surface area contributed by atoms with E-state index >= 15 is 0 Å². The Bertz CT molecular complexity index is 1360. The maximum Gasteiger partial charge on any atom is 0.324 e. The van der Waals surface area contributed by atoms with Crippen LogP contribution in [0.4, 0.5) is 16.3 Å². The number of aromatic nitrogens is 2. The van der Waals surface area contributed by atoms with Crippen molar-refractivity contribution in [2.75, 3.05) is 10.6 Å². The van der Waals surface area contributed by atoms with E-state index in [0.717, 1.165) is 33.4 Å². The van der Waals surface area contributed by atoms with E-state index in [1.54, 1.807) is 4.68 Å². The number of fused-ring (bicyclic) bond motifs is 1. The lowest BCUT2D eigenvalue weighted by molar-refractivity contribution is 0.262. The highest BCUT2D eigenvalue weighted by Crippen LogP contribution is 2.27. The van der Waals surface area contributed by atoms with Crippen molar-refractivity contribution in [3.8, 4) is 17.7 Å². The molecule has 1 heterocycles. The van der Waals surface area contributed by atoms with Gasteiger partial charge in [-0.15, -0.1) is 0 Å². The molecule has 3 N–H and O–H groups in total. The lowest BCUT2D eigenvalue weighted by Gasteiger charge is -2.14. The van der Waals surface area contributed by atoms with E-state index in [1.807, 2.05) is 78.9 Å². The van der Waals surface area contributed by atoms with Gasteiger partial charge in [-0.05, 0) is 29.1 Å². The number of benzene rings is 3. The molecule has 0 atom stereocenters. The number of aliphatic hydroxyl groups excluding tert-OH is 1. The average molecular weight is 439 g/mol. The molecule has 0 spiro atoms. The smallest absolute Gasteiger partial charge is 0.324 e. The number of hydrogen-bond donors (Lipinski definition) is 3. The summed E-state index contributed by atoms with van der Waals surface area (Å²) in [4.78, 5) is 13.0. The van der Waals surface area contributed by atoms with Crippen molar-refractivity contribution in [1.82, 2.24) is 9.78 Å². The van der Waals surface area contributed by atoms with Crippen LogP contribution in [0.3, 0.4) is 0 Å². The second-order valence-electron chi connectivity index (χ2n) is 8.82. The van der Waals surface area contributed by atoms with E-state index < -0.39 is 0 Å². The Balaban J connectivity index is 1.66. The monoisotopic (exact) mass is 438 g/mol. The van der Waals surface area contributed by atoms with Crippen molar-refractivity contribution in [1.29, 1.82) is 0 Å². The second-order valence-corrected chi connectivity index (χ2v) is 8.82. The molecular weight excluding hydrogens is 412 g/mol. The fraction of sp³-hybridized carbons (Fsp3) is 0.185. The number of nitrogens with one attached hydrogen (secondary N) is 2. The molecule has 0 aliphatic heterocycles. The Labute approximate surface area is 193 Å². The van der Waals surface area contributed by atoms with Crippen LogP contribution in [0.5, 0.6) is 0 Å². The summed E-state index contributed by atoms with van der Waals surface area (Å²) < 4.78 is 1.72. The Morgan fingerprint density at radius 2 is 1.76 bits per heavy atom. The first kappa shape index (κ1) is 22.0. The first-order valence-electron chi connectivity index (χ1n) is 10.7. The summed E-state index contributed by atoms with van der Waals surface area (Å²) in [7, 11) is 0. The van der Waals surface area contributed by atoms with E-state index in [9.17, 15) is 4.79 Å². The van der Waals surface area contributed by atoms with Crippen LogP contribution in [0, 0.1) is 12.0 Å². The van der Waals surface area contributed by atoms with Gasteiger partial charge in [0.2, 0.25) is 0 Å². The van der Waals surface area contributed by atoms with Crippen molar-refractivity contribution in [2.45, 2.75) is 32.6 Å². The Hall–Kier alpha value is -4.24. The van der Waals surface area contributed by atoms with Gasteiger partial charge in [0.15, 0.2) is 0 Å². The largest absolute Gasteiger partial charge is 0.462 e. The van der Waals surface area contributed by atoms with Crippen LogP contribution in [-0.4, -0.2) is 20.9 Å². The molecular formula is C27H26N4O2. The Morgan fingerprint density at radius 3 is 2.55 bits per heavy atom. The fourth-order valence-corrected chi connectivity index (χ4v) is 3.58. The van der Waals surface area contributed by atoms with Crippen LogP contribution in [0.1, 0.15) is 32.0 Å². The van der Waals surface area contributed by atoms with Crippen LogP contribution in [0.25, 0.3) is 16.5 Å². The van der Waals surface area contributed by atoms with Gasteiger partial charge in [0.05, 0.1) is 17.1 Å². The number of anilines is 2. The molecule has 0 saturated carbocycles. The molecule has 4 aromatic rings. The van der Waals surface area contributed by atoms with Crippen molar-refractivity contribution in [3.63, 3.8) is 0 Å². The summed E-state index contributed by atoms with van der Waals surface area (Å²) in [6.45, 7) is 6.23. The van der Waals surface area contributed by atoms with Gasteiger partial charge in [0, 0.05) is 23.3 Å². The van der Waals surface area contributed by atoms with Gasteiger partial charge in [0.1, 0.15) is 11.9 Å². The van der Waals surface area contributed by atoms with Crippen LogP contribution < -0.4 is 10.6 Å². The molecule has 1 aromatic heterocycles. The maximum atomic E-state index is 13.0. The summed E-state index contributed by atoms with van der Waals surface area (Å²) in [5.41, 5.74) is 3.12. The number of rotatable bonds is 4. The second kappa shape index (κ2) is 9.09. The zero-order valence-electron chi connectivity index (χ0n) is 18.9. The van der Waals surface area contributed by atoms with Crippen molar-refractivity contribution >= 4 is 28.3 Å². The third kappa shape index (κ3) is 4.99. The molecule has 2 amide bonds. The number of hydrogen-bond acceptors (Lipinski definition) is 3. The Kier molecular flexibility index (Phi) is 6.05. The van der Waals surface area contributed by atoms with Crippen LogP contribution in [-0.2, 0) is 11.8 Å². The minimum Gasteiger partial charge on any atom is -0.462 e. The topological polar surface area (TPSA) is 79.2 Å². The molecule has 6 nitrogen and oxygen atoms in total. The summed E-state index contributed by atoms with van der Waals surface area (Å²) in [5.74, 6) is 3.22. The maximum absolute atomic E-state index is 13.0. The van der Waals surface area contributed by atoms with E-state index in [-0.39, 0.29) is 11.4 Å². The quantitative estimate of drug-likeness (QED) is 0.350. The molecule has 33 heavy (non-hydrogen) atoms. The molecule has 6 heteroatoms. The molecule has 0 unspecified atom stereocenters. The zero-order valence-corrected chi connectivity index (χ0v) is 18.9. The van der Waals surface area contributed by atoms with E-state index in [2.05, 4.69) is 37.3 Å². The highest BCUT2D eigenvalue weighted by atomic mass is 16.2. The summed E-state index contributed by atoms with van der Waals surface area (Å²) in [6.07, 6.45) is 2.35. The summed E-state index contributed by atoms with van der Waals surface area (Å²) >= 11 is 0. The van der Waals surface area contributed by atoms with Gasteiger partial charge >= 0.3 is 6.03 Å². The third-order valence-corrected chi connectivity index (χ3v) is 5.28. The molecule has 3 aromatic carbocycles. The molecule has 0 bridgehead atoms. The van der Waals surface area contributed by atoms with Gasteiger partial charge in [-0.25, -0.2) is 9.48 Å². The van der Waals surface area contributed by atoms with Gasteiger partial charge in [-0.3, -0.25) is 5.32 Å². The molecule has 166 valence electrons. The number of urea groups is 1. The van der Waals surface area contributed by atoms with Gasteiger partial charge in [-0.2, -0.15) is 5.10 Å². The van der Waals surface area contributed by atoms with Gasteiger partial charge < -0.3 is 10.4 Å². The third-order valence-electron chi connectivity index (χ3n) is 5.28. The predicted molar refractivity (Wildman–Crippen MR) is 132 cm³/mol. The molecule has 0 aliphatic rings. The van der Waals surface area contributed by atoms with Crippen LogP contribution in [0.2, 0.25) is 0 Å². The highest BCUT2D eigenvalue weighted by molar-refractivity contribution is 6.06. The molecule has 0 fully saturated rings. The number of aliphatic hydroxyl groups is 1. The van der Waals surface area contributed by atoms with Gasteiger partial charge in [-0.1, -0.05) is 75.2 Å². The SMILES string of the molecule is CC(C)(C)c1cc(NC(=O)Nc2cccc3ccccc23)n(-c2cccc(CC#CO)c2)n1. The first-order valence-corrected chi connectivity index (χ1v) is 10.7. The number of carbonyl (C=O) groups excluding carboxylic acids is 1. The molecule has 0 saturated heterocycles. The molecule has 0 radical (unpaired) electrons. The first-order chi connectivity index (χ1) is 15.8. The fourth-order valence-electron chi connectivity index (χ4n) is 3.58. The standard InChI is InChI=1S/C27H26N4O2/c1-27(2,3)24-18-25(31(30-24)21-13-6-9-19(17-21)10-8-16-32)29-26(33)28-23-15-7-12-20-11-4-5-14-22(20)23/h4-7,9,11-15,17-18,32H,10H2,1-3H3,(H2,28,29,33). The predicted octanol–water partition coefficient (Wildman–Crippen LogP) is 5.84. The molecule has 4 rings (SSSR count). The van der Waals surface area contributed by atoms with Crippen molar-refractivity contribution in [3.05, 3.63) is 84.1 Å². The van der Waals surface area contributed by atoms with E-state index in [4.69, 9.17) is 10.2 Å². The number of nitrogens with zero attached hydrogens (tertiary/aromatic N) is 2. The summed E-state index contributed by atoms with van der Waals surface area (Å²) in [5, 5.41) is 21.5. The highest BCUT2D eigenvalue weighted by Gasteiger charge is 2.22. The van der Waals surface area contributed by atoms with Crippen LogP contribution in [0.15, 0.2) is 72.8 Å². The average Bonchev–Trinajstić information content (AvgIpc) is 3.22. The van der Waals surface area contributed by atoms with Gasteiger partial charge in [0.25, 0.3) is 0 Å². The Morgan fingerprint density at radius 1 is 1.00 bits per heavy atom. The molecule has 0 aliphatic carbocycles. The zero-order chi connectivity index (χ0) is 23.4. The lowest BCUT2D eigenvalue weighted by Crippen LogP contribution is -2.21. The van der Waals surface area contributed by atoms with Crippen molar-refractivity contribution < 1.29 is 9.90 Å².